The molecular formula is C11H14BrN3O2. The van der Waals surface area contributed by atoms with E-state index >= 15 is 0 Å². The largest absolute Gasteiger partial charge is 0.374 e. The predicted octanol–water partition coefficient (Wildman–Crippen LogP) is 1.71. The van der Waals surface area contributed by atoms with Crippen LogP contribution in [0.25, 0.3) is 0 Å². The normalized spacial score (nSPS) is 11.5. The molecule has 1 unspecified atom stereocenters. The van der Waals surface area contributed by atoms with Crippen molar-refractivity contribution in [2.75, 3.05) is 12.4 Å². The minimum atomic E-state index is -0.514. The Morgan fingerprint density at radius 2 is 1.82 bits per heavy atom. The molecule has 3 N–H and O–H groups in total. The Labute approximate surface area is 108 Å². The molecule has 0 heterocycles. The maximum absolute atomic E-state index is 11.5. The number of hydrogen-bond acceptors (Lipinski definition) is 3. The number of nitrogens with one attached hydrogen (secondary N) is 3. The zero-order valence-electron chi connectivity index (χ0n) is 9.58. The summed E-state index contributed by atoms with van der Waals surface area (Å²) in [5.41, 5.74) is 0.813. The molecule has 0 spiro atoms. The van der Waals surface area contributed by atoms with Crippen molar-refractivity contribution in [1.29, 1.82) is 0 Å². The zero-order valence-corrected chi connectivity index (χ0v) is 11.2. The van der Waals surface area contributed by atoms with E-state index in [1.54, 1.807) is 6.92 Å². The lowest BCUT2D eigenvalue weighted by Crippen LogP contribution is -2.44. The van der Waals surface area contributed by atoms with Crippen molar-refractivity contribution in [3.63, 3.8) is 0 Å². The number of halogens is 1. The monoisotopic (exact) mass is 299 g/mol. The Hall–Kier alpha value is -1.56. The highest BCUT2D eigenvalue weighted by molar-refractivity contribution is 9.10. The van der Waals surface area contributed by atoms with Crippen molar-refractivity contribution in [1.82, 2.24) is 10.6 Å². The molecule has 1 aromatic carbocycles. The van der Waals surface area contributed by atoms with Gasteiger partial charge in [-0.1, -0.05) is 15.9 Å². The van der Waals surface area contributed by atoms with Crippen LogP contribution in [0, 0.1) is 0 Å². The summed E-state index contributed by atoms with van der Waals surface area (Å²) in [5.74, 6) is -0.382. The van der Waals surface area contributed by atoms with E-state index < -0.39 is 12.1 Å². The summed E-state index contributed by atoms with van der Waals surface area (Å²) < 4.78 is 0.963. The first-order valence-electron chi connectivity index (χ1n) is 5.07. The SMILES string of the molecule is CNC(=O)NC(=O)C(C)Nc1ccc(Br)cc1. The minimum Gasteiger partial charge on any atom is -0.374 e. The summed E-state index contributed by atoms with van der Waals surface area (Å²) in [6.45, 7) is 1.68. The highest BCUT2D eigenvalue weighted by Gasteiger charge is 2.14. The highest BCUT2D eigenvalue weighted by atomic mass is 79.9. The second-order valence-electron chi connectivity index (χ2n) is 3.44. The van der Waals surface area contributed by atoms with Crippen molar-refractivity contribution >= 4 is 33.6 Å². The van der Waals surface area contributed by atoms with Crippen LogP contribution in [-0.2, 0) is 4.79 Å². The van der Waals surface area contributed by atoms with Crippen LogP contribution in [0.15, 0.2) is 28.7 Å². The minimum absolute atomic E-state index is 0.382. The van der Waals surface area contributed by atoms with Gasteiger partial charge in [-0.15, -0.1) is 0 Å². The van der Waals surface area contributed by atoms with Crippen molar-refractivity contribution in [2.24, 2.45) is 0 Å². The van der Waals surface area contributed by atoms with E-state index in [-0.39, 0.29) is 5.91 Å². The van der Waals surface area contributed by atoms with E-state index in [0.717, 1.165) is 10.2 Å². The number of benzene rings is 1. The van der Waals surface area contributed by atoms with Crippen LogP contribution >= 0.6 is 15.9 Å². The smallest absolute Gasteiger partial charge is 0.321 e. The number of urea groups is 1. The molecule has 3 amide bonds. The molecule has 0 radical (unpaired) electrons. The average Bonchev–Trinajstić information content (AvgIpc) is 2.31. The van der Waals surface area contributed by atoms with Gasteiger partial charge in [0, 0.05) is 17.2 Å². The molecule has 1 rings (SSSR count). The molecule has 0 aliphatic rings. The van der Waals surface area contributed by atoms with E-state index in [1.807, 2.05) is 24.3 Å². The van der Waals surface area contributed by atoms with Gasteiger partial charge in [-0.2, -0.15) is 0 Å². The predicted molar refractivity (Wildman–Crippen MR) is 69.8 cm³/mol. The van der Waals surface area contributed by atoms with Crippen molar-refractivity contribution in [2.45, 2.75) is 13.0 Å². The number of imide groups is 1. The van der Waals surface area contributed by atoms with Crippen LogP contribution < -0.4 is 16.0 Å². The summed E-state index contributed by atoms with van der Waals surface area (Å²) in [6, 6.07) is 6.41. The molecule has 0 bridgehead atoms. The van der Waals surface area contributed by atoms with E-state index in [4.69, 9.17) is 0 Å². The summed E-state index contributed by atoms with van der Waals surface area (Å²) in [6.07, 6.45) is 0. The summed E-state index contributed by atoms with van der Waals surface area (Å²) in [7, 11) is 1.45. The summed E-state index contributed by atoms with van der Waals surface area (Å²) >= 11 is 3.32. The van der Waals surface area contributed by atoms with Crippen LogP contribution in [0.1, 0.15) is 6.92 Å². The molecule has 1 atom stereocenters. The molecule has 0 saturated heterocycles. The van der Waals surface area contributed by atoms with Gasteiger partial charge in [0.1, 0.15) is 6.04 Å². The molecule has 0 saturated carbocycles. The van der Waals surface area contributed by atoms with Crippen LogP contribution in [0.5, 0.6) is 0 Å². The van der Waals surface area contributed by atoms with Gasteiger partial charge in [-0.3, -0.25) is 10.1 Å². The number of amides is 3. The maximum atomic E-state index is 11.5. The molecule has 92 valence electrons. The number of hydrogen-bond donors (Lipinski definition) is 3. The fourth-order valence-electron chi connectivity index (χ4n) is 1.14. The third kappa shape index (κ3) is 4.44. The van der Waals surface area contributed by atoms with Gasteiger partial charge in [-0.25, -0.2) is 4.79 Å². The third-order valence-corrected chi connectivity index (χ3v) is 2.61. The fourth-order valence-corrected chi connectivity index (χ4v) is 1.41. The van der Waals surface area contributed by atoms with Crippen molar-refractivity contribution < 1.29 is 9.59 Å². The number of anilines is 1. The zero-order chi connectivity index (χ0) is 12.8. The second-order valence-corrected chi connectivity index (χ2v) is 4.36. The number of rotatable bonds is 3. The van der Waals surface area contributed by atoms with Crippen LogP contribution in [0.2, 0.25) is 0 Å². The van der Waals surface area contributed by atoms with Crippen LogP contribution in [-0.4, -0.2) is 25.0 Å². The van der Waals surface area contributed by atoms with Gasteiger partial charge < -0.3 is 10.6 Å². The van der Waals surface area contributed by atoms with Gasteiger partial charge in [-0.05, 0) is 31.2 Å². The van der Waals surface area contributed by atoms with E-state index in [1.165, 1.54) is 7.05 Å². The Kier molecular flexibility index (Phi) is 4.96. The lowest BCUT2D eigenvalue weighted by atomic mass is 10.2. The Balaban J connectivity index is 2.54. The topological polar surface area (TPSA) is 70.2 Å². The summed E-state index contributed by atoms with van der Waals surface area (Å²) in [5, 5.41) is 7.50. The van der Waals surface area contributed by atoms with Gasteiger partial charge in [0.05, 0.1) is 0 Å². The first-order chi connectivity index (χ1) is 8.02. The van der Waals surface area contributed by atoms with Gasteiger partial charge in [0.15, 0.2) is 0 Å². The maximum Gasteiger partial charge on any atom is 0.321 e. The van der Waals surface area contributed by atoms with Crippen LogP contribution in [0.3, 0.4) is 0 Å². The van der Waals surface area contributed by atoms with Crippen molar-refractivity contribution in [3.05, 3.63) is 28.7 Å². The first kappa shape index (κ1) is 13.5. The molecule has 0 aliphatic carbocycles. The number of carbonyl (C=O) groups excluding carboxylic acids is 2. The molecule has 0 aliphatic heterocycles. The van der Waals surface area contributed by atoms with Gasteiger partial charge >= 0.3 is 6.03 Å². The highest BCUT2D eigenvalue weighted by Crippen LogP contribution is 2.14. The molecule has 17 heavy (non-hydrogen) atoms. The molecule has 1 aromatic rings. The Morgan fingerprint density at radius 1 is 1.24 bits per heavy atom. The lowest BCUT2D eigenvalue weighted by Gasteiger charge is -2.14. The number of carbonyl (C=O) groups is 2. The molecule has 0 aromatic heterocycles. The quantitative estimate of drug-likeness (QED) is 0.796. The second kappa shape index (κ2) is 6.24. The van der Waals surface area contributed by atoms with Crippen molar-refractivity contribution in [3.8, 4) is 0 Å². The Morgan fingerprint density at radius 3 is 2.35 bits per heavy atom. The Bertz CT molecular complexity index is 406. The molecular weight excluding hydrogens is 286 g/mol. The molecule has 0 fully saturated rings. The van der Waals surface area contributed by atoms with Gasteiger partial charge in [0.25, 0.3) is 0 Å². The van der Waals surface area contributed by atoms with E-state index in [0.29, 0.717) is 0 Å². The van der Waals surface area contributed by atoms with E-state index in [9.17, 15) is 9.59 Å². The van der Waals surface area contributed by atoms with Crippen LogP contribution in [0.4, 0.5) is 10.5 Å². The average molecular weight is 300 g/mol. The standard InChI is InChI=1S/C11H14BrN3O2/c1-7(10(16)15-11(17)13-2)14-9-5-3-8(12)4-6-9/h3-7,14H,1-2H3,(H2,13,15,16,17). The third-order valence-electron chi connectivity index (χ3n) is 2.08. The lowest BCUT2D eigenvalue weighted by molar-refractivity contribution is -0.120. The fraction of sp³-hybridized carbons (Fsp3) is 0.273. The summed E-state index contributed by atoms with van der Waals surface area (Å²) in [4.78, 5) is 22.5. The molecule has 5 nitrogen and oxygen atoms in total. The van der Waals surface area contributed by atoms with E-state index in [2.05, 4.69) is 31.9 Å². The first-order valence-corrected chi connectivity index (χ1v) is 5.87. The van der Waals surface area contributed by atoms with Gasteiger partial charge in [0.2, 0.25) is 5.91 Å². The molecule has 6 heteroatoms.